The molecule has 19 heavy (non-hydrogen) atoms. The van der Waals surface area contributed by atoms with Gasteiger partial charge >= 0.3 is 0 Å². The summed E-state index contributed by atoms with van der Waals surface area (Å²) in [5.41, 5.74) is -0.0979. The Balaban J connectivity index is 1.94. The third-order valence-corrected chi connectivity index (χ3v) is 3.55. The average Bonchev–Trinajstić information content (AvgIpc) is 2.39. The van der Waals surface area contributed by atoms with E-state index in [2.05, 4.69) is 17.1 Å². The zero-order valence-electron chi connectivity index (χ0n) is 11.0. The summed E-state index contributed by atoms with van der Waals surface area (Å²) in [5.74, 6) is -1.96. The van der Waals surface area contributed by atoms with Crippen molar-refractivity contribution in [2.45, 2.75) is 25.8 Å². The topological polar surface area (TPSA) is 32.3 Å². The Morgan fingerprint density at radius 2 is 2.05 bits per heavy atom. The third-order valence-electron chi connectivity index (χ3n) is 3.55. The Morgan fingerprint density at radius 3 is 2.63 bits per heavy atom. The molecule has 1 aliphatic rings. The molecule has 1 aromatic rings. The molecule has 0 aromatic heterocycles. The molecule has 3 nitrogen and oxygen atoms in total. The van der Waals surface area contributed by atoms with Gasteiger partial charge in [0.15, 0.2) is 0 Å². The van der Waals surface area contributed by atoms with E-state index in [9.17, 15) is 13.6 Å². The van der Waals surface area contributed by atoms with Crippen LogP contribution in [-0.4, -0.2) is 36.5 Å². The molecule has 5 heteroatoms. The number of halogens is 2. The first-order chi connectivity index (χ1) is 9.10. The summed E-state index contributed by atoms with van der Waals surface area (Å²) in [6.07, 6.45) is 1.73. The van der Waals surface area contributed by atoms with Gasteiger partial charge in [0.1, 0.15) is 11.6 Å². The van der Waals surface area contributed by atoms with Crippen molar-refractivity contribution in [3.05, 3.63) is 35.4 Å². The van der Waals surface area contributed by atoms with Crippen molar-refractivity contribution in [2.75, 3.05) is 19.6 Å². The van der Waals surface area contributed by atoms with E-state index in [0.29, 0.717) is 0 Å². The molecule has 0 aliphatic carbocycles. The molecule has 0 saturated carbocycles. The number of piperidine rings is 1. The lowest BCUT2D eigenvalue weighted by atomic mass is 10.0. The normalized spacial score (nSPS) is 17.4. The quantitative estimate of drug-likeness (QED) is 0.911. The van der Waals surface area contributed by atoms with Crippen LogP contribution in [-0.2, 0) is 0 Å². The number of nitrogens with one attached hydrogen (secondary N) is 1. The van der Waals surface area contributed by atoms with E-state index < -0.39 is 17.5 Å². The second kappa shape index (κ2) is 6.10. The van der Waals surface area contributed by atoms with Crippen molar-refractivity contribution in [2.24, 2.45) is 0 Å². The second-order valence-corrected chi connectivity index (χ2v) is 4.81. The maximum atomic E-state index is 13.5. The number of carbonyl (C=O) groups is 1. The van der Waals surface area contributed by atoms with E-state index in [-0.39, 0.29) is 11.6 Å². The summed E-state index contributed by atoms with van der Waals surface area (Å²) in [5, 5.41) is 2.81. The molecule has 1 heterocycles. The van der Waals surface area contributed by atoms with E-state index in [0.717, 1.165) is 44.6 Å². The summed E-state index contributed by atoms with van der Waals surface area (Å²) in [7, 11) is 0. The number of hydrogen-bond acceptors (Lipinski definition) is 2. The summed E-state index contributed by atoms with van der Waals surface area (Å²) >= 11 is 0. The summed E-state index contributed by atoms with van der Waals surface area (Å²) < 4.78 is 26.2. The largest absolute Gasteiger partial charge is 0.349 e. The summed E-state index contributed by atoms with van der Waals surface area (Å²) in [6.45, 7) is 4.99. The standard InChI is InChI=1S/C14H18F2N2O/c1-2-18-7-5-11(6-8-18)17-14(19)12-4-3-10(15)9-13(12)16/h3-4,9,11H,2,5-8H2,1H3,(H,17,19). The Labute approximate surface area is 111 Å². The lowest BCUT2D eigenvalue weighted by Gasteiger charge is -2.31. The van der Waals surface area contributed by atoms with Crippen LogP contribution in [0.5, 0.6) is 0 Å². The van der Waals surface area contributed by atoms with Gasteiger partial charge in [-0.25, -0.2) is 8.78 Å². The van der Waals surface area contributed by atoms with E-state index in [1.54, 1.807) is 0 Å². The van der Waals surface area contributed by atoms with Crippen LogP contribution in [0.25, 0.3) is 0 Å². The molecule has 0 bridgehead atoms. The Kier molecular flexibility index (Phi) is 4.47. The molecule has 1 aliphatic heterocycles. The highest BCUT2D eigenvalue weighted by molar-refractivity contribution is 5.94. The highest BCUT2D eigenvalue weighted by Crippen LogP contribution is 2.13. The van der Waals surface area contributed by atoms with E-state index in [1.807, 2.05) is 0 Å². The van der Waals surface area contributed by atoms with Crippen molar-refractivity contribution in [1.29, 1.82) is 0 Å². The summed E-state index contributed by atoms with van der Waals surface area (Å²) in [6, 6.07) is 3.08. The SMILES string of the molecule is CCN1CCC(NC(=O)c2ccc(F)cc2F)CC1. The van der Waals surface area contributed by atoms with Crippen molar-refractivity contribution in [1.82, 2.24) is 10.2 Å². The van der Waals surface area contributed by atoms with Crippen LogP contribution in [0, 0.1) is 11.6 Å². The number of likely N-dealkylation sites (tertiary alicyclic amines) is 1. The van der Waals surface area contributed by atoms with Gasteiger partial charge in [-0.2, -0.15) is 0 Å². The molecule has 0 spiro atoms. The van der Waals surface area contributed by atoms with Gasteiger partial charge in [-0.15, -0.1) is 0 Å². The first kappa shape index (κ1) is 13.9. The minimum atomic E-state index is -0.816. The highest BCUT2D eigenvalue weighted by Gasteiger charge is 2.21. The summed E-state index contributed by atoms with van der Waals surface area (Å²) in [4.78, 5) is 14.2. The van der Waals surface area contributed by atoms with Crippen LogP contribution >= 0.6 is 0 Å². The molecule has 1 saturated heterocycles. The highest BCUT2D eigenvalue weighted by atomic mass is 19.1. The lowest BCUT2D eigenvalue weighted by Crippen LogP contribution is -2.44. The first-order valence-corrected chi connectivity index (χ1v) is 6.58. The Hall–Kier alpha value is -1.49. The predicted molar refractivity (Wildman–Crippen MR) is 69.0 cm³/mol. The van der Waals surface area contributed by atoms with Crippen molar-refractivity contribution in [3.63, 3.8) is 0 Å². The fourth-order valence-electron chi connectivity index (χ4n) is 2.33. The van der Waals surface area contributed by atoms with Gasteiger partial charge in [0.25, 0.3) is 5.91 Å². The molecule has 1 N–H and O–H groups in total. The van der Waals surface area contributed by atoms with Crippen LogP contribution in [0.2, 0.25) is 0 Å². The van der Waals surface area contributed by atoms with Gasteiger partial charge in [-0.1, -0.05) is 6.92 Å². The second-order valence-electron chi connectivity index (χ2n) is 4.81. The van der Waals surface area contributed by atoms with Gasteiger partial charge in [0.2, 0.25) is 0 Å². The van der Waals surface area contributed by atoms with Crippen LogP contribution in [0.1, 0.15) is 30.1 Å². The number of hydrogen-bond donors (Lipinski definition) is 1. The van der Waals surface area contributed by atoms with Crippen LogP contribution in [0.15, 0.2) is 18.2 Å². The maximum absolute atomic E-state index is 13.5. The fourth-order valence-corrected chi connectivity index (χ4v) is 2.33. The molecule has 0 unspecified atom stereocenters. The maximum Gasteiger partial charge on any atom is 0.254 e. The van der Waals surface area contributed by atoms with Crippen LogP contribution in [0.4, 0.5) is 8.78 Å². The lowest BCUT2D eigenvalue weighted by molar-refractivity contribution is 0.0908. The number of benzene rings is 1. The molecule has 2 rings (SSSR count). The predicted octanol–water partition coefficient (Wildman–Crippen LogP) is 2.18. The van der Waals surface area contributed by atoms with E-state index in [1.165, 1.54) is 6.07 Å². The molecule has 0 radical (unpaired) electrons. The zero-order chi connectivity index (χ0) is 13.8. The number of amides is 1. The van der Waals surface area contributed by atoms with E-state index >= 15 is 0 Å². The monoisotopic (exact) mass is 268 g/mol. The molecule has 1 amide bonds. The first-order valence-electron chi connectivity index (χ1n) is 6.58. The van der Waals surface area contributed by atoms with Gasteiger partial charge in [0.05, 0.1) is 5.56 Å². The molecule has 0 atom stereocenters. The minimum Gasteiger partial charge on any atom is -0.349 e. The third kappa shape index (κ3) is 3.50. The average molecular weight is 268 g/mol. The zero-order valence-corrected chi connectivity index (χ0v) is 11.0. The Bertz CT molecular complexity index is 457. The van der Waals surface area contributed by atoms with Gasteiger partial charge in [0, 0.05) is 25.2 Å². The number of rotatable bonds is 3. The van der Waals surface area contributed by atoms with Crippen LogP contribution < -0.4 is 5.32 Å². The molecule has 104 valence electrons. The van der Waals surface area contributed by atoms with Gasteiger partial charge in [-0.3, -0.25) is 4.79 Å². The number of nitrogens with zero attached hydrogens (tertiary/aromatic N) is 1. The molecule has 1 fully saturated rings. The molecule has 1 aromatic carbocycles. The molecular weight excluding hydrogens is 250 g/mol. The molecular formula is C14H18F2N2O. The van der Waals surface area contributed by atoms with Crippen LogP contribution in [0.3, 0.4) is 0 Å². The van der Waals surface area contributed by atoms with Gasteiger partial charge in [-0.05, 0) is 31.5 Å². The minimum absolute atomic E-state index is 0.0692. The smallest absolute Gasteiger partial charge is 0.254 e. The van der Waals surface area contributed by atoms with Crippen molar-refractivity contribution in [3.8, 4) is 0 Å². The van der Waals surface area contributed by atoms with Gasteiger partial charge < -0.3 is 10.2 Å². The fraction of sp³-hybridized carbons (Fsp3) is 0.500. The Morgan fingerprint density at radius 1 is 1.37 bits per heavy atom. The van der Waals surface area contributed by atoms with Crippen molar-refractivity contribution < 1.29 is 13.6 Å². The van der Waals surface area contributed by atoms with Crippen molar-refractivity contribution >= 4 is 5.91 Å². The number of carbonyl (C=O) groups excluding carboxylic acids is 1. The van der Waals surface area contributed by atoms with E-state index in [4.69, 9.17) is 0 Å².